The Labute approximate surface area is 119 Å². The molecule has 1 heterocycles. The van der Waals surface area contributed by atoms with Crippen LogP contribution in [-0.4, -0.2) is 12.1 Å². The molecule has 0 N–H and O–H groups in total. The molecular formula is C14H11ClF3NO. The second-order valence-corrected chi connectivity index (χ2v) is 4.64. The molecule has 6 heteroatoms. The molecule has 0 fully saturated rings. The lowest BCUT2D eigenvalue weighted by atomic mass is 10.0. The number of rotatable bonds is 2. The van der Waals surface area contributed by atoms with Gasteiger partial charge >= 0.3 is 6.18 Å². The molecule has 0 atom stereocenters. The molecular weight excluding hydrogens is 291 g/mol. The fourth-order valence-corrected chi connectivity index (χ4v) is 2.09. The van der Waals surface area contributed by atoms with Crippen LogP contribution in [0.5, 0.6) is 5.75 Å². The standard InChI is InChI=1S/C14H11ClF3NO/c1-8-5-10(20-2)3-4-11(8)13-12(15)6-9(7-19-13)14(16,17)18/h3-7H,1-2H3. The summed E-state index contributed by atoms with van der Waals surface area (Å²) >= 11 is 5.92. The normalized spacial score (nSPS) is 11.5. The third-order valence-electron chi connectivity index (χ3n) is 2.86. The number of hydrogen-bond donors (Lipinski definition) is 0. The third-order valence-corrected chi connectivity index (χ3v) is 3.15. The van der Waals surface area contributed by atoms with E-state index in [-0.39, 0.29) is 5.02 Å². The van der Waals surface area contributed by atoms with E-state index < -0.39 is 11.7 Å². The number of halogens is 4. The SMILES string of the molecule is COc1ccc(-c2ncc(C(F)(F)F)cc2Cl)c(C)c1. The predicted molar refractivity (Wildman–Crippen MR) is 71.0 cm³/mol. The number of benzene rings is 1. The van der Waals surface area contributed by atoms with Crippen LogP contribution >= 0.6 is 11.6 Å². The molecule has 0 bridgehead atoms. The van der Waals surface area contributed by atoms with E-state index >= 15 is 0 Å². The first-order valence-corrected chi connectivity index (χ1v) is 6.08. The van der Waals surface area contributed by atoms with Crippen molar-refractivity contribution in [1.29, 1.82) is 0 Å². The van der Waals surface area contributed by atoms with Gasteiger partial charge in [0.15, 0.2) is 0 Å². The Morgan fingerprint density at radius 2 is 1.90 bits per heavy atom. The third kappa shape index (κ3) is 2.88. The Balaban J connectivity index is 2.49. The van der Waals surface area contributed by atoms with Crippen LogP contribution in [0.4, 0.5) is 13.2 Å². The van der Waals surface area contributed by atoms with Gasteiger partial charge in [0.1, 0.15) is 5.75 Å². The Bertz CT molecular complexity index is 641. The molecule has 1 aromatic carbocycles. The summed E-state index contributed by atoms with van der Waals surface area (Å²) in [4.78, 5) is 3.84. The molecule has 2 nitrogen and oxygen atoms in total. The lowest BCUT2D eigenvalue weighted by Crippen LogP contribution is -2.06. The highest BCUT2D eigenvalue weighted by Gasteiger charge is 2.31. The van der Waals surface area contributed by atoms with Gasteiger partial charge in [0.25, 0.3) is 0 Å². The number of ether oxygens (including phenoxy) is 1. The van der Waals surface area contributed by atoms with Crippen molar-refractivity contribution in [2.75, 3.05) is 7.11 Å². The van der Waals surface area contributed by atoms with Crippen molar-refractivity contribution in [3.05, 3.63) is 46.6 Å². The monoisotopic (exact) mass is 301 g/mol. The van der Waals surface area contributed by atoms with E-state index in [0.29, 0.717) is 17.0 Å². The second-order valence-electron chi connectivity index (χ2n) is 4.23. The topological polar surface area (TPSA) is 22.1 Å². The maximum atomic E-state index is 12.6. The van der Waals surface area contributed by atoms with E-state index in [1.807, 2.05) is 6.92 Å². The highest BCUT2D eigenvalue weighted by atomic mass is 35.5. The first-order chi connectivity index (χ1) is 9.32. The molecule has 0 aliphatic carbocycles. The van der Waals surface area contributed by atoms with Crippen LogP contribution in [0.3, 0.4) is 0 Å². The van der Waals surface area contributed by atoms with Crippen LogP contribution in [0.1, 0.15) is 11.1 Å². The largest absolute Gasteiger partial charge is 0.497 e. The smallest absolute Gasteiger partial charge is 0.417 e. The molecule has 2 rings (SSSR count). The van der Waals surface area contributed by atoms with Crippen LogP contribution in [0.15, 0.2) is 30.5 Å². The average Bonchev–Trinajstić information content (AvgIpc) is 2.38. The van der Waals surface area contributed by atoms with E-state index in [2.05, 4.69) is 4.98 Å². The molecule has 2 aromatic rings. The van der Waals surface area contributed by atoms with Crippen LogP contribution in [0.25, 0.3) is 11.3 Å². The number of alkyl halides is 3. The van der Waals surface area contributed by atoms with Crippen molar-refractivity contribution < 1.29 is 17.9 Å². The lowest BCUT2D eigenvalue weighted by molar-refractivity contribution is -0.137. The molecule has 1 aromatic heterocycles. The van der Waals surface area contributed by atoms with Gasteiger partial charge in [0.05, 0.1) is 23.4 Å². The Hall–Kier alpha value is -1.75. The molecule has 0 spiro atoms. The number of aryl methyl sites for hydroxylation is 1. The van der Waals surface area contributed by atoms with Gasteiger partial charge in [-0.15, -0.1) is 0 Å². The molecule has 20 heavy (non-hydrogen) atoms. The summed E-state index contributed by atoms with van der Waals surface area (Å²) in [5.74, 6) is 0.661. The lowest BCUT2D eigenvalue weighted by Gasteiger charge is -2.11. The minimum Gasteiger partial charge on any atom is -0.497 e. The Kier molecular flexibility index (Phi) is 3.90. The van der Waals surface area contributed by atoms with Gasteiger partial charge in [-0.3, -0.25) is 4.98 Å². The van der Waals surface area contributed by atoms with Crippen LogP contribution in [0, 0.1) is 6.92 Å². The summed E-state index contributed by atoms with van der Waals surface area (Å²) in [7, 11) is 1.54. The van der Waals surface area contributed by atoms with Crippen molar-refractivity contribution in [3.63, 3.8) is 0 Å². The molecule has 0 unspecified atom stereocenters. The quantitative estimate of drug-likeness (QED) is 0.799. The molecule has 0 saturated heterocycles. The second kappa shape index (κ2) is 5.32. The summed E-state index contributed by atoms with van der Waals surface area (Å²) in [6.07, 6.45) is -3.67. The zero-order valence-corrected chi connectivity index (χ0v) is 11.5. The van der Waals surface area contributed by atoms with Crippen LogP contribution < -0.4 is 4.74 Å². The summed E-state index contributed by atoms with van der Waals surface area (Å²) in [6.45, 7) is 1.81. The van der Waals surface area contributed by atoms with Gasteiger partial charge in [-0.2, -0.15) is 13.2 Å². The van der Waals surface area contributed by atoms with Gasteiger partial charge in [-0.1, -0.05) is 11.6 Å². The number of hydrogen-bond acceptors (Lipinski definition) is 2. The summed E-state index contributed by atoms with van der Waals surface area (Å²) in [5.41, 5.74) is 0.945. The van der Waals surface area contributed by atoms with E-state index in [1.165, 1.54) is 7.11 Å². The summed E-state index contributed by atoms with van der Waals surface area (Å²) in [5, 5.41) is -0.0342. The number of nitrogens with zero attached hydrogens (tertiary/aromatic N) is 1. The number of methoxy groups -OCH3 is 1. The van der Waals surface area contributed by atoms with Crippen molar-refractivity contribution >= 4 is 11.6 Å². The van der Waals surface area contributed by atoms with Gasteiger partial charge < -0.3 is 4.74 Å². The van der Waals surface area contributed by atoms with Gasteiger partial charge in [0, 0.05) is 11.8 Å². The zero-order valence-electron chi connectivity index (χ0n) is 10.8. The maximum Gasteiger partial charge on any atom is 0.417 e. The molecule has 0 aliphatic heterocycles. The van der Waals surface area contributed by atoms with E-state index in [0.717, 1.165) is 17.8 Å². The molecule has 106 valence electrons. The summed E-state index contributed by atoms with van der Waals surface area (Å²) in [6, 6.07) is 6.08. The van der Waals surface area contributed by atoms with Crippen LogP contribution in [0.2, 0.25) is 5.02 Å². The molecule has 0 amide bonds. The zero-order chi connectivity index (χ0) is 14.9. The van der Waals surface area contributed by atoms with Gasteiger partial charge in [-0.05, 0) is 36.8 Å². The molecule has 0 radical (unpaired) electrons. The molecule has 0 aliphatic rings. The van der Waals surface area contributed by atoms with Crippen molar-refractivity contribution in [2.45, 2.75) is 13.1 Å². The van der Waals surface area contributed by atoms with E-state index in [1.54, 1.807) is 18.2 Å². The highest BCUT2D eigenvalue weighted by molar-refractivity contribution is 6.33. The Morgan fingerprint density at radius 3 is 2.40 bits per heavy atom. The van der Waals surface area contributed by atoms with Gasteiger partial charge in [-0.25, -0.2) is 0 Å². The first kappa shape index (κ1) is 14.7. The van der Waals surface area contributed by atoms with Crippen molar-refractivity contribution in [2.24, 2.45) is 0 Å². The fourth-order valence-electron chi connectivity index (χ4n) is 1.82. The summed E-state index contributed by atoms with van der Waals surface area (Å²) < 4.78 is 42.8. The van der Waals surface area contributed by atoms with Crippen molar-refractivity contribution in [1.82, 2.24) is 4.98 Å². The minimum atomic E-state index is -4.45. The predicted octanol–water partition coefficient (Wildman–Crippen LogP) is 4.74. The van der Waals surface area contributed by atoms with Gasteiger partial charge in [0.2, 0.25) is 0 Å². The number of aromatic nitrogens is 1. The molecule has 0 saturated carbocycles. The number of pyridine rings is 1. The van der Waals surface area contributed by atoms with Crippen molar-refractivity contribution in [3.8, 4) is 17.0 Å². The Morgan fingerprint density at radius 1 is 1.20 bits per heavy atom. The van der Waals surface area contributed by atoms with E-state index in [9.17, 15) is 13.2 Å². The minimum absolute atomic E-state index is 0.0342. The maximum absolute atomic E-state index is 12.6. The van der Waals surface area contributed by atoms with E-state index in [4.69, 9.17) is 16.3 Å². The average molecular weight is 302 g/mol. The highest BCUT2D eigenvalue weighted by Crippen LogP contribution is 2.35. The van der Waals surface area contributed by atoms with Crippen LogP contribution in [-0.2, 0) is 6.18 Å². The fraction of sp³-hybridized carbons (Fsp3) is 0.214. The first-order valence-electron chi connectivity index (χ1n) is 5.70.